The lowest BCUT2D eigenvalue weighted by atomic mass is 10.0. The molecule has 0 spiro atoms. The van der Waals surface area contributed by atoms with Gasteiger partial charge in [0.1, 0.15) is 11.8 Å². The maximum atomic E-state index is 13.9. The summed E-state index contributed by atoms with van der Waals surface area (Å²) in [6.07, 6.45) is 3.67. The van der Waals surface area contributed by atoms with Gasteiger partial charge in [-0.1, -0.05) is 79.6 Å². The average Bonchev–Trinajstić information content (AvgIpc) is 2.97. The van der Waals surface area contributed by atoms with Crippen molar-refractivity contribution in [2.75, 3.05) is 30.8 Å². The van der Waals surface area contributed by atoms with Crippen LogP contribution in [0.1, 0.15) is 49.3 Å². The smallest absolute Gasteiger partial charge is 0.243 e. The zero-order valence-corrected chi connectivity index (χ0v) is 25.9. The molecule has 0 aliphatic rings. The Labute approximate surface area is 250 Å². The van der Waals surface area contributed by atoms with E-state index < -0.39 is 16.1 Å². The minimum atomic E-state index is -3.61. The number of nitrogens with zero attached hydrogens (tertiary/aromatic N) is 2. The molecule has 8 nitrogen and oxygen atoms in total. The Morgan fingerprint density at radius 1 is 0.929 bits per heavy atom. The van der Waals surface area contributed by atoms with Crippen molar-refractivity contribution in [1.29, 1.82) is 0 Å². The van der Waals surface area contributed by atoms with E-state index in [4.69, 9.17) is 4.74 Å². The Balaban J connectivity index is 1.87. The third-order valence-corrected chi connectivity index (χ3v) is 8.22. The van der Waals surface area contributed by atoms with E-state index in [1.54, 1.807) is 29.2 Å². The molecule has 1 atom stereocenters. The van der Waals surface area contributed by atoms with Crippen LogP contribution in [0.3, 0.4) is 0 Å². The van der Waals surface area contributed by atoms with Crippen molar-refractivity contribution in [3.8, 4) is 5.75 Å². The van der Waals surface area contributed by atoms with Gasteiger partial charge in [-0.15, -0.1) is 0 Å². The monoisotopic (exact) mass is 593 g/mol. The van der Waals surface area contributed by atoms with E-state index in [1.165, 1.54) is 11.4 Å². The fourth-order valence-electron chi connectivity index (χ4n) is 4.84. The number of methoxy groups -OCH3 is 1. The van der Waals surface area contributed by atoms with Crippen LogP contribution in [0.4, 0.5) is 5.69 Å². The molecule has 0 fully saturated rings. The summed E-state index contributed by atoms with van der Waals surface area (Å²) in [4.78, 5) is 29.2. The van der Waals surface area contributed by atoms with E-state index in [0.29, 0.717) is 24.4 Å². The van der Waals surface area contributed by atoms with Gasteiger partial charge in [-0.2, -0.15) is 0 Å². The highest BCUT2D eigenvalue weighted by Gasteiger charge is 2.30. The summed E-state index contributed by atoms with van der Waals surface area (Å²) in [7, 11) is -2.09. The molecule has 9 heteroatoms. The molecule has 0 heterocycles. The molecule has 2 amide bonds. The number of carbonyl (C=O) groups excluding carboxylic acids is 2. The van der Waals surface area contributed by atoms with Gasteiger partial charge < -0.3 is 15.0 Å². The first-order valence-electron chi connectivity index (χ1n) is 14.4. The lowest BCUT2D eigenvalue weighted by molar-refractivity contribution is -0.141. The minimum Gasteiger partial charge on any atom is -0.497 e. The highest BCUT2D eigenvalue weighted by atomic mass is 32.2. The predicted octanol–water partition coefficient (Wildman–Crippen LogP) is 5.11. The minimum absolute atomic E-state index is 0.0787. The first-order chi connectivity index (χ1) is 20.1. The second-order valence-electron chi connectivity index (χ2n) is 10.5. The van der Waals surface area contributed by atoms with Crippen LogP contribution in [-0.2, 0) is 32.6 Å². The van der Waals surface area contributed by atoms with Gasteiger partial charge in [-0.25, -0.2) is 8.42 Å². The molecular weight excluding hydrogens is 550 g/mol. The van der Waals surface area contributed by atoms with Crippen LogP contribution in [0.5, 0.6) is 5.75 Å². The Morgan fingerprint density at radius 2 is 1.64 bits per heavy atom. The Morgan fingerprint density at radius 3 is 2.31 bits per heavy atom. The molecule has 0 saturated heterocycles. The fraction of sp³-hybridized carbons (Fsp3) is 0.394. The van der Waals surface area contributed by atoms with E-state index in [2.05, 4.69) is 12.2 Å². The zero-order chi connectivity index (χ0) is 30.5. The molecule has 1 N–H and O–H groups in total. The van der Waals surface area contributed by atoms with Crippen molar-refractivity contribution in [2.45, 2.75) is 58.5 Å². The van der Waals surface area contributed by atoms with E-state index in [-0.39, 0.29) is 37.7 Å². The molecular formula is C33H43N3O5S. The predicted molar refractivity (Wildman–Crippen MR) is 168 cm³/mol. The maximum Gasteiger partial charge on any atom is 0.243 e. The van der Waals surface area contributed by atoms with Crippen LogP contribution in [0, 0.1) is 6.92 Å². The molecule has 3 aromatic carbocycles. The molecule has 0 saturated carbocycles. The van der Waals surface area contributed by atoms with Crippen molar-refractivity contribution in [3.63, 3.8) is 0 Å². The van der Waals surface area contributed by atoms with Gasteiger partial charge in [-0.3, -0.25) is 13.9 Å². The number of unbranched alkanes of at least 4 members (excludes halogenated alkanes) is 1. The number of carbonyl (C=O) groups is 2. The summed E-state index contributed by atoms with van der Waals surface area (Å²) in [6.45, 7) is 4.98. The highest BCUT2D eigenvalue weighted by Crippen LogP contribution is 2.24. The summed E-state index contributed by atoms with van der Waals surface area (Å²) >= 11 is 0. The molecule has 226 valence electrons. The van der Waals surface area contributed by atoms with E-state index >= 15 is 0 Å². The van der Waals surface area contributed by atoms with Crippen LogP contribution in [0.2, 0.25) is 0 Å². The molecule has 0 unspecified atom stereocenters. The Hall–Kier alpha value is -3.85. The molecule has 0 aliphatic heterocycles. The number of sulfonamides is 1. The summed E-state index contributed by atoms with van der Waals surface area (Å²) in [6, 6.07) is 23.7. The first kappa shape index (κ1) is 32.7. The van der Waals surface area contributed by atoms with Gasteiger partial charge in [0.15, 0.2) is 0 Å². The van der Waals surface area contributed by atoms with Gasteiger partial charge in [0, 0.05) is 38.5 Å². The van der Waals surface area contributed by atoms with Gasteiger partial charge in [0.25, 0.3) is 0 Å². The molecule has 3 aromatic rings. The van der Waals surface area contributed by atoms with Crippen LogP contribution in [0.15, 0.2) is 78.9 Å². The van der Waals surface area contributed by atoms with E-state index in [9.17, 15) is 18.0 Å². The van der Waals surface area contributed by atoms with Gasteiger partial charge in [0.05, 0.1) is 19.1 Å². The number of aryl methyl sites for hydroxylation is 1. The third kappa shape index (κ3) is 9.91. The number of benzene rings is 3. The van der Waals surface area contributed by atoms with E-state index in [0.717, 1.165) is 35.8 Å². The summed E-state index contributed by atoms with van der Waals surface area (Å²) in [5, 5.41) is 3.03. The maximum absolute atomic E-state index is 13.9. The van der Waals surface area contributed by atoms with Crippen molar-refractivity contribution in [3.05, 3.63) is 95.6 Å². The largest absolute Gasteiger partial charge is 0.497 e. The van der Waals surface area contributed by atoms with Crippen LogP contribution >= 0.6 is 0 Å². The number of hydrogen-bond acceptors (Lipinski definition) is 5. The van der Waals surface area contributed by atoms with Crippen LogP contribution < -0.4 is 14.4 Å². The van der Waals surface area contributed by atoms with Gasteiger partial charge in [-0.05, 0) is 43.0 Å². The molecule has 0 bridgehead atoms. The second-order valence-corrected chi connectivity index (χ2v) is 12.4. The van der Waals surface area contributed by atoms with Crippen LogP contribution in [-0.4, -0.2) is 57.6 Å². The van der Waals surface area contributed by atoms with Crippen molar-refractivity contribution < 1.29 is 22.7 Å². The fourth-order valence-corrected chi connectivity index (χ4v) is 5.79. The van der Waals surface area contributed by atoms with Gasteiger partial charge >= 0.3 is 0 Å². The lowest BCUT2D eigenvalue weighted by Gasteiger charge is -2.32. The Bertz CT molecular complexity index is 1410. The molecule has 0 radical (unpaired) electrons. The lowest BCUT2D eigenvalue weighted by Crippen LogP contribution is -2.50. The molecule has 0 aliphatic carbocycles. The zero-order valence-electron chi connectivity index (χ0n) is 25.1. The number of amides is 2. The number of hydrogen-bond donors (Lipinski definition) is 1. The number of ether oxygens (including phenoxy) is 1. The molecule has 3 rings (SSSR count). The summed E-state index contributed by atoms with van der Waals surface area (Å²) < 4.78 is 31.9. The summed E-state index contributed by atoms with van der Waals surface area (Å²) in [5.74, 6) is 0.143. The second kappa shape index (κ2) is 16.0. The topological polar surface area (TPSA) is 96.0 Å². The van der Waals surface area contributed by atoms with Crippen molar-refractivity contribution >= 4 is 27.5 Å². The molecule has 0 aromatic heterocycles. The third-order valence-electron chi connectivity index (χ3n) is 7.03. The van der Waals surface area contributed by atoms with Crippen molar-refractivity contribution in [2.24, 2.45) is 0 Å². The molecule has 42 heavy (non-hydrogen) atoms. The number of anilines is 1. The first-order valence-corrected chi connectivity index (χ1v) is 16.3. The van der Waals surface area contributed by atoms with Crippen LogP contribution in [0.25, 0.3) is 0 Å². The standard InChI is InChI=1S/C33H43N3O5S/c1-5-6-20-34-33(38)31(23-27-14-8-7-9-15-27)35(25-28-16-10-13-26(2)22-28)32(37)19-12-21-36(42(4,39)40)29-17-11-18-30(24-29)41-3/h7-11,13-18,22,24,31H,5-6,12,19-21,23,25H2,1-4H3,(H,34,38)/t31-/m1/s1. The number of rotatable bonds is 16. The Kier molecular flexibility index (Phi) is 12.4. The number of nitrogens with one attached hydrogen (secondary N) is 1. The normalized spacial score (nSPS) is 11.9. The van der Waals surface area contributed by atoms with Gasteiger partial charge in [0.2, 0.25) is 21.8 Å². The van der Waals surface area contributed by atoms with E-state index in [1.807, 2.05) is 61.5 Å². The quantitative estimate of drug-likeness (QED) is 0.233. The average molecular weight is 594 g/mol. The summed E-state index contributed by atoms with van der Waals surface area (Å²) in [5.41, 5.74) is 3.42. The SMILES string of the molecule is CCCCNC(=O)[C@@H](Cc1ccccc1)N(Cc1cccc(C)c1)C(=O)CCCN(c1cccc(OC)c1)S(C)(=O)=O. The van der Waals surface area contributed by atoms with Crippen molar-refractivity contribution in [1.82, 2.24) is 10.2 Å². The highest BCUT2D eigenvalue weighted by molar-refractivity contribution is 7.92.